The monoisotopic (exact) mass is 230 g/mol. The van der Waals surface area contributed by atoms with Crippen LogP contribution in [0.5, 0.6) is 0 Å². The van der Waals surface area contributed by atoms with E-state index in [1.54, 1.807) is 7.11 Å². The fourth-order valence-electron chi connectivity index (χ4n) is 1.77. The van der Waals surface area contributed by atoms with Crippen LogP contribution in [0.15, 0.2) is 0 Å². The molecular formula is C11H22N2O3. The smallest absolute Gasteiger partial charge is 0.222 e. The lowest BCUT2D eigenvalue weighted by molar-refractivity contribution is -0.123. The van der Waals surface area contributed by atoms with Crippen molar-refractivity contribution in [3.05, 3.63) is 0 Å². The van der Waals surface area contributed by atoms with Crippen LogP contribution in [-0.2, 0) is 14.3 Å². The minimum atomic E-state index is -0.178. The fraction of sp³-hybridized carbons (Fsp3) is 0.909. The van der Waals surface area contributed by atoms with Gasteiger partial charge in [0.05, 0.1) is 19.1 Å². The quantitative estimate of drug-likeness (QED) is 0.668. The summed E-state index contributed by atoms with van der Waals surface area (Å²) < 4.78 is 10.4. The molecule has 3 N–H and O–H groups in total. The van der Waals surface area contributed by atoms with E-state index in [1.165, 1.54) is 0 Å². The van der Waals surface area contributed by atoms with Gasteiger partial charge in [-0.15, -0.1) is 0 Å². The summed E-state index contributed by atoms with van der Waals surface area (Å²) in [4.78, 5) is 11.5. The number of amides is 1. The number of carbonyl (C=O) groups is 1. The van der Waals surface area contributed by atoms with Crippen molar-refractivity contribution in [3.63, 3.8) is 0 Å². The molecule has 1 saturated heterocycles. The van der Waals surface area contributed by atoms with Crippen LogP contribution in [0.25, 0.3) is 0 Å². The molecule has 1 rings (SSSR count). The molecule has 0 saturated carbocycles. The highest BCUT2D eigenvalue weighted by atomic mass is 16.5. The molecule has 0 bridgehead atoms. The Bertz CT molecular complexity index is 201. The Hall–Kier alpha value is -0.650. The predicted molar refractivity (Wildman–Crippen MR) is 61.0 cm³/mol. The molecule has 1 amide bonds. The number of hydrogen-bond donors (Lipinski definition) is 2. The summed E-state index contributed by atoms with van der Waals surface area (Å²) in [5.41, 5.74) is 5.45. The third kappa shape index (κ3) is 4.92. The fourth-order valence-corrected chi connectivity index (χ4v) is 1.77. The van der Waals surface area contributed by atoms with Crippen molar-refractivity contribution in [2.45, 2.75) is 25.4 Å². The highest BCUT2D eigenvalue weighted by molar-refractivity contribution is 5.76. The molecule has 2 atom stereocenters. The van der Waals surface area contributed by atoms with Crippen LogP contribution in [-0.4, -0.2) is 45.4 Å². The maximum absolute atomic E-state index is 11.5. The number of carbonyl (C=O) groups excluding carboxylic acids is 1. The summed E-state index contributed by atoms with van der Waals surface area (Å²) in [6, 6.07) is 0. The highest BCUT2D eigenvalue weighted by Crippen LogP contribution is 2.12. The van der Waals surface area contributed by atoms with Crippen LogP contribution in [0, 0.1) is 5.92 Å². The van der Waals surface area contributed by atoms with E-state index >= 15 is 0 Å². The molecule has 1 aliphatic rings. The highest BCUT2D eigenvalue weighted by Gasteiger charge is 2.16. The van der Waals surface area contributed by atoms with Gasteiger partial charge >= 0.3 is 0 Å². The van der Waals surface area contributed by atoms with Crippen LogP contribution in [0.4, 0.5) is 0 Å². The zero-order valence-corrected chi connectivity index (χ0v) is 9.91. The van der Waals surface area contributed by atoms with Crippen molar-refractivity contribution in [3.8, 4) is 0 Å². The van der Waals surface area contributed by atoms with Crippen LogP contribution in [0.1, 0.15) is 19.3 Å². The first-order valence-electron chi connectivity index (χ1n) is 5.83. The van der Waals surface area contributed by atoms with Gasteiger partial charge in [0.25, 0.3) is 0 Å². The van der Waals surface area contributed by atoms with E-state index < -0.39 is 0 Å². The van der Waals surface area contributed by atoms with Gasteiger partial charge < -0.3 is 20.5 Å². The predicted octanol–water partition coefficient (Wildman–Crippen LogP) is -0.107. The van der Waals surface area contributed by atoms with E-state index in [0.29, 0.717) is 25.4 Å². The number of rotatable bonds is 6. The lowest BCUT2D eigenvalue weighted by Gasteiger charge is -2.22. The van der Waals surface area contributed by atoms with Gasteiger partial charge in [0.1, 0.15) is 0 Å². The van der Waals surface area contributed by atoms with Crippen molar-refractivity contribution in [1.82, 2.24) is 5.32 Å². The maximum atomic E-state index is 11.5. The zero-order chi connectivity index (χ0) is 11.8. The molecule has 0 spiro atoms. The Morgan fingerprint density at radius 1 is 1.69 bits per heavy atom. The zero-order valence-electron chi connectivity index (χ0n) is 9.91. The first kappa shape index (κ1) is 13.4. The van der Waals surface area contributed by atoms with Gasteiger partial charge in [-0.1, -0.05) is 0 Å². The molecular weight excluding hydrogens is 208 g/mol. The van der Waals surface area contributed by atoms with Gasteiger partial charge in [0.2, 0.25) is 5.91 Å². The van der Waals surface area contributed by atoms with Crippen LogP contribution in [0.2, 0.25) is 0 Å². The second-order valence-corrected chi connectivity index (χ2v) is 4.18. The average molecular weight is 230 g/mol. The SMILES string of the molecule is COC(CN)CC(=O)NCC1CCCOC1. The second-order valence-electron chi connectivity index (χ2n) is 4.18. The van der Waals surface area contributed by atoms with Crippen molar-refractivity contribution in [1.29, 1.82) is 0 Å². The summed E-state index contributed by atoms with van der Waals surface area (Å²) >= 11 is 0. The molecule has 2 unspecified atom stereocenters. The summed E-state index contributed by atoms with van der Waals surface area (Å²) in [7, 11) is 1.57. The van der Waals surface area contributed by atoms with Crippen molar-refractivity contribution < 1.29 is 14.3 Å². The largest absolute Gasteiger partial charge is 0.381 e. The molecule has 16 heavy (non-hydrogen) atoms. The number of ether oxygens (including phenoxy) is 2. The van der Waals surface area contributed by atoms with Crippen molar-refractivity contribution in [2.75, 3.05) is 33.4 Å². The number of hydrogen-bond acceptors (Lipinski definition) is 4. The first-order chi connectivity index (χ1) is 7.76. The topological polar surface area (TPSA) is 73.6 Å². The van der Waals surface area contributed by atoms with Gasteiger partial charge in [0, 0.05) is 26.8 Å². The number of methoxy groups -OCH3 is 1. The standard InChI is InChI=1S/C11H22N2O3/c1-15-10(6-12)5-11(14)13-7-9-3-2-4-16-8-9/h9-10H,2-8,12H2,1H3,(H,13,14). The minimum Gasteiger partial charge on any atom is -0.381 e. The molecule has 5 heteroatoms. The van der Waals surface area contributed by atoms with Gasteiger partial charge in [-0.2, -0.15) is 0 Å². The molecule has 5 nitrogen and oxygen atoms in total. The van der Waals surface area contributed by atoms with Crippen LogP contribution < -0.4 is 11.1 Å². The maximum Gasteiger partial charge on any atom is 0.222 e. The lowest BCUT2D eigenvalue weighted by Crippen LogP contribution is -2.36. The Balaban J connectivity index is 2.13. The summed E-state index contributed by atoms with van der Waals surface area (Å²) in [5, 5.41) is 2.90. The second kappa shape index (κ2) is 7.60. The molecule has 0 aromatic heterocycles. The molecule has 1 heterocycles. The average Bonchev–Trinajstić information content (AvgIpc) is 2.34. The van der Waals surface area contributed by atoms with E-state index in [2.05, 4.69) is 5.32 Å². The molecule has 94 valence electrons. The third-order valence-electron chi connectivity index (χ3n) is 2.85. The summed E-state index contributed by atoms with van der Waals surface area (Å²) in [6.45, 7) is 2.67. The van der Waals surface area contributed by atoms with E-state index in [0.717, 1.165) is 26.1 Å². The van der Waals surface area contributed by atoms with Gasteiger partial charge in [-0.3, -0.25) is 4.79 Å². The van der Waals surface area contributed by atoms with Crippen LogP contribution in [0.3, 0.4) is 0 Å². The minimum absolute atomic E-state index is 0.00266. The van der Waals surface area contributed by atoms with Crippen molar-refractivity contribution in [2.24, 2.45) is 11.7 Å². The van der Waals surface area contributed by atoms with Crippen LogP contribution >= 0.6 is 0 Å². The number of nitrogens with one attached hydrogen (secondary N) is 1. The van der Waals surface area contributed by atoms with E-state index in [4.69, 9.17) is 15.2 Å². The van der Waals surface area contributed by atoms with Gasteiger partial charge in [0.15, 0.2) is 0 Å². The number of nitrogens with two attached hydrogens (primary N) is 1. The summed E-state index contributed by atoms with van der Waals surface area (Å²) in [5.74, 6) is 0.458. The van der Waals surface area contributed by atoms with Gasteiger partial charge in [-0.25, -0.2) is 0 Å². The molecule has 1 fully saturated rings. The lowest BCUT2D eigenvalue weighted by atomic mass is 10.0. The molecule has 1 aliphatic heterocycles. The van der Waals surface area contributed by atoms with E-state index in [9.17, 15) is 4.79 Å². The van der Waals surface area contributed by atoms with E-state index in [1.807, 2.05) is 0 Å². The Kier molecular flexibility index (Phi) is 6.37. The molecule has 0 radical (unpaired) electrons. The molecule has 0 aromatic rings. The molecule has 0 aromatic carbocycles. The Labute approximate surface area is 96.7 Å². The van der Waals surface area contributed by atoms with E-state index in [-0.39, 0.29) is 12.0 Å². The first-order valence-corrected chi connectivity index (χ1v) is 5.83. The Morgan fingerprint density at radius 2 is 2.50 bits per heavy atom. The van der Waals surface area contributed by atoms with Crippen molar-refractivity contribution >= 4 is 5.91 Å². The third-order valence-corrected chi connectivity index (χ3v) is 2.85. The summed E-state index contributed by atoms with van der Waals surface area (Å²) in [6.07, 6.45) is 2.37. The normalized spacial score (nSPS) is 22.8. The van der Waals surface area contributed by atoms with Gasteiger partial charge in [-0.05, 0) is 18.8 Å². The Morgan fingerprint density at radius 3 is 3.06 bits per heavy atom. The molecule has 0 aliphatic carbocycles.